The number of hydrogen-bond acceptors (Lipinski definition) is 2. The van der Waals surface area contributed by atoms with Crippen molar-refractivity contribution in [3.63, 3.8) is 0 Å². The molecular formula is C14H25NO2. The van der Waals surface area contributed by atoms with E-state index in [1.54, 1.807) is 0 Å². The summed E-state index contributed by atoms with van der Waals surface area (Å²) in [5.74, 6) is 2.35. The highest BCUT2D eigenvalue weighted by molar-refractivity contribution is 5.68. The summed E-state index contributed by atoms with van der Waals surface area (Å²) >= 11 is 0. The molecule has 0 radical (unpaired) electrons. The molecule has 0 N–H and O–H groups in total. The topological polar surface area (TPSA) is 29.5 Å². The van der Waals surface area contributed by atoms with Gasteiger partial charge in [0.2, 0.25) is 0 Å². The second-order valence-electron chi connectivity index (χ2n) is 6.65. The van der Waals surface area contributed by atoms with E-state index >= 15 is 0 Å². The first-order chi connectivity index (χ1) is 7.89. The molecule has 0 aromatic carbocycles. The lowest BCUT2D eigenvalue weighted by atomic mass is 10.0. The minimum atomic E-state index is -0.374. The molecule has 3 atom stereocenters. The summed E-state index contributed by atoms with van der Waals surface area (Å²) in [6, 6.07) is 0. The molecule has 1 aliphatic heterocycles. The Balaban J connectivity index is 1.86. The van der Waals surface area contributed by atoms with Gasteiger partial charge >= 0.3 is 6.09 Å². The highest BCUT2D eigenvalue weighted by atomic mass is 16.6. The minimum absolute atomic E-state index is 0.125. The molecule has 2 fully saturated rings. The van der Waals surface area contributed by atoms with Crippen molar-refractivity contribution in [3.8, 4) is 0 Å². The molecule has 17 heavy (non-hydrogen) atoms. The van der Waals surface area contributed by atoms with E-state index in [1.165, 1.54) is 19.3 Å². The molecule has 0 aromatic rings. The van der Waals surface area contributed by atoms with Crippen LogP contribution in [0.15, 0.2) is 0 Å². The van der Waals surface area contributed by atoms with Crippen LogP contribution in [0.25, 0.3) is 0 Å². The van der Waals surface area contributed by atoms with Gasteiger partial charge in [-0.1, -0.05) is 13.3 Å². The van der Waals surface area contributed by atoms with Crippen molar-refractivity contribution in [3.05, 3.63) is 0 Å². The van der Waals surface area contributed by atoms with Gasteiger partial charge < -0.3 is 9.64 Å². The van der Waals surface area contributed by atoms with Crippen LogP contribution in [0.2, 0.25) is 0 Å². The molecule has 1 saturated carbocycles. The highest BCUT2D eigenvalue weighted by Gasteiger charge is 2.42. The lowest BCUT2D eigenvalue weighted by molar-refractivity contribution is 0.0277. The van der Waals surface area contributed by atoms with Crippen molar-refractivity contribution >= 4 is 6.09 Å². The van der Waals surface area contributed by atoms with Gasteiger partial charge in [-0.2, -0.15) is 0 Å². The van der Waals surface area contributed by atoms with Gasteiger partial charge in [0, 0.05) is 13.1 Å². The molecule has 0 spiro atoms. The number of carbonyl (C=O) groups excluding carboxylic acids is 1. The number of likely N-dealkylation sites (tertiary alicyclic amines) is 1. The third-order valence-electron chi connectivity index (χ3n) is 4.08. The summed E-state index contributed by atoms with van der Waals surface area (Å²) in [4.78, 5) is 13.9. The van der Waals surface area contributed by atoms with Crippen LogP contribution in [0.5, 0.6) is 0 Å². The monoisotopic (exact) mass is 239 g/mol. The second kappa shape index (κ2) is 4.51. The summed E-state index contributed by atoms with van der Waals surface area (Å²) < 4.78 is 5.43. The summed E-state index contributed by atoms with van der Waals surface area (Å²) in [7, 11) is 0. The molecule has 0 aromatic heterocycles. The van der Waals surface area contributed by atoms with Crippen molar-refractivity contribution in [1.29, 1.82) is 0 Å². The normalized spacial score (nSPS) is 32.7. The first-order valence-corrected chi connectivity index (χ1v) is 6.87. The summed E-state index contributed by atoms with van der Waals surface area (Å²) in [5, 5.41) is 0. The SMILES string of the molecule is CCC1CC2CN(C(=O)OC(C)(C)C)C[C@@H]2C1. The molecule has 98 valence electrons. The largest absolute Gasteiger partial charge is 0.444 e. The molecule has 1 saturated heterocycles. The first kappa shape index (κ1) is 12.7. The molecule has 2 unspecified atom stereocenters. The van der Waals surface area contributed by atoms with Crippen molar-refractivity contribution in [2.75, 3.05) is 13.1 Å². The fourth-order valence-corrected chi connectivity index (χ4v) is 3.23. The number of ether oxygens (including phenoxy) is 1. The Labute approximate surface area is 105 Å². The number of rotatable bonds is 1. The summed E-state index contributed by atoms with van der Waals surface area (Å²) in [6.45, 7) is 9.88. The van der Waals surface area contributed by atoms with Crippen molar-refractivity contribution in [2.45, 2.75) is 52.6 Å². The maximum atomic E-state index is 11.9. The Morgan fingerprint density at radius 1 is 1.24 bits per heavy atom. The van der Waals surface area contributed by atoms with Gasteiger partial charge in [-0.15, -0.1) is 0 Å². The number of nitrogens with zero attached hydrogens (tertiary/aromatic N) is 1. The van der Waals surface area contributed by atoms with Gasteiger partial charge in [0.1, 0.15) is 5.60 Å². The fraction of sp³-hybridized carbons (Fsp3) is 0.929. The van der Waals surface area contributed by atoms with E-state index in [2.05, 4.69) is 6.92 Å². The smallest absolute Gasteiger partial charge is 0.410 e. The van der Waals surface area contributed by atoms with E-state index in [1.807, 2.05) is 25.7 Å². The Hall–Kier alpha value is -0.730. The van der Waals surface area contributed by atoms with Gasteiger partial charge in [-0.3, -0.25) is 0 Å². The molecule has 1 aliphatic carbocycles. The molecule has 1 amide bonds. The Morgan fingerprint density at radius 3 is 2.18 bits per heavy atom. The van der Waals surface area contributed by atoms with Gasteiger partial charge in [-0.05, 0) is 51.4 Å². The number of amides is 1. The summed E-state index contributed by atoms with van der Waals surface area (Å²) in [5.41, 5.74) is -0.374. The van der Waals surface area contributed by atoms with Crippen molar-refractivity contribution in [1.82, 2.24) is 4.90 Å². The molecule has 0 bridgehead atoms. The highest BCUT2D eigenvalue weighted by Crippen LogP contribution is 2.42. The van der Waals surface area contributed by atoms with E-state index in [0.717, 1.165) is 30.8 Å². The molecule has 1 heterocycles. The van der Waals surface area contributed by atoms with E-state index in [4.69, 9.17) is 4.74 Å². The van der Waals surface area contributed by atoms with E-state index < -0.39 is 0 Å². The summed E-state index contributed by atoms with van der Waals surface area (Å²) in [6.07, 6.45) is 3.78. The Morgan fingerprint density at radius 2 is 1.76 bits per heavy atom. The molecule has 3 heteroatoms. The quantitative estimate of drug-likeness (QED) is 0.702. The zero-order valence-corrected chi connectivity index (χ0v) is 11.5. The van der Waals surface area contributed by atoms with Gasteiger partial charge in [-0.25, -0.2) is 4.79 Å². The molecule has 2 rings (SSSR count). The molecule has 3 nitrogen and oxygen atoms in total. The number of carbonyl (C=O) groups is 1. The molecule has 2 aliphatic rings. The average molecular weight is 239 g/mol. The van der Waals surface area contributed by atoms with E-state index in [9.17, 15) is 4.79 Å². The Bertz CT molecular complexity index is 281. The zero-order valence-electron chi connectivity index (χ0n) is 11.5. The van der Waals surface area contributed by atoms with Crippen LogP contribution in [0, 0.1) is 17.8 Å². The van der Waals surface area contributed by atoms with Crippen LogP contribution in [-0.2, 0) is 4.74 Å². The van der Waals surface area contributed by atoms with Crippen LogP contribution in [0.1, 0.15) is 47.0 Å². The minimum Gasteiger partial charge on any atom is -0.444 e. The fourth-order valence-electron chi connectivity index (χ4n) is 3.23. The van der Waals surface area contributed by atoms with Crippen molar-refractivity contribution in [2.24, 2.45) is 17.8 Å². The van der Waals surface area contributed by atoms with Crippen LogP contribution < -0.4 is 0 Å². The first-order valence-electron chi connectivity index (χ1n) is 6.87. The van der Waals surface area contributed by atoms with Gasteiger partial charge in [0.25, 0.3) is 0 Å². The Kier molecular flexibility index (Phi) is 3.37. The lowest BCUT2D eigenvalue weighted by Gasteiger charge is -2.25. The average Bonchev–Trinajstić information content (AvgIpc) is 2.70. The number of fused-ring (bicyclic) bond motifs is 1. The van der Waals surface area contributed by atoms with Gasteiger partial charge in [0.15, 0.2) is 0 Å². The van der Waals surface area contributed by atoms with E-state index in [0.29, 0.717) is 0 Å². The van der Waals surface area contributed by atoms with Gasteiger partial charge in [0.05, 0.1) is 0 Å². The van der Waals surface area contributed by atoms with Crippen molar-refractivity contribution < 1.29 is 9.53 Å². The second-order valence-corrected chi connectivity index (χ2v) is 6.65. The van der Waals surface area contributed by atoms with E-state index in [-0.39, 0.29) is 11.7 Å². The third kappa shape index (κ3) is 2.93. The van der Waals surface area contributed by atoms with Crippen LogP contribution in [-0.4, -0.2) is 29.7 Å². The van der Waals surface area contributed by atoms with Crippen LogP contribution in [0.3, 0.4) is 0 Å². The maximum absolute atomic E-state index is 11.9. The predicted molar refractivity (Wildman–Crippen MR) is 67.8 cm³/mol. The predicted octanol–water partition coefficient (Wildman–Crippen LogP) is 3.29. The van der Waals surface area contributed by atoms with Crippen LogP contribution in [0.4, 0.5) is 4.79 Å². The maximum Gasteiger partial charge on any atom is 0.410 e. The standard InChI is InChI=1S/C14H25NO2/c1-5-10-6-11-8-15(9-12(11)7-10)13(16)17-14(2,3)4/h10-12H,5-9H2,1-4H3/t10?,11-,12?/m0/s1. The third-order valence-corrected chi connectivity index (χ3v) is 4.08. The molecular weight excluding hydrogens is 214 g/mol. The lowest BCUT2D eigenvalue weighted by Crippen LogP contribution is -2.36. The number of hydrogen-bond donors (Lipinski definition) is 0. The zero-order chi connectivity index (χ0) is 12.6. The van der Waals surface area contributed by atoms with Crippen LogP contribution >= 0.6 is 0 Å².